The van der Waals surface area contributed by atoms with Gasteiger partial charge >= 0.3 is 11.9 Å². The monoisotopic (exact) mass is 457 g/mol. The summed E-state index contributed by atoms with van der Waals surface area (Å²) in [5, 5.41) is 10.5. The molecule has 0 aromatic heterocycles. The Labute approximate surface area is 195 Å². The molecule has 180 valence electrons. The van der Waals surface area contributed by atoms with Gasteiger partial charge in [0.1, 0.15) is 0 Å². The third-order valence-electron chi connectivity index (χ3n) is 6.26. The van der Waals surface area contributed by atoms with Crippen LogP contribution >= 0.6 is 0 Å². The zero-order valence-corrected chi connectivity index (χ0v) is 20.1. The number of esters is 1. The average Bonchev–Trinajstić information content (AvgIpc) is 2.79. The Hall–Kier alpha value is -3.10. The fourth-order valence-electron chi connectivity index (χ4n) is 3.67. The Balaban J connectivity index is 1.93. The highest BCUT2D eigenvalue weighted by atomic mass is 16.5. The van der Waals surface area contributed by atoms with Gasteiger partial charge in [0.05, 0.1) is 36.1 Å². The van der Waals surface area contributed by atoms with Crippen molar-refractivity contribution in [3.05, 3.63) is 58.7 Å². The molecule has 0 bridgehead atoms. The number of hydrogen-bond acceptors (Lipinski definition) is 7. The second-order valence-electron chi connectivity index (χ2n) is 8.75. The zero-order chi connectivity index (χ0) is 24.8. The summed E-state index contributed by atoms with van der Waals surface area (Å²) in [4.78, 5) is 23.1. The Morgan fingerprint density at radius 1 is 1.15 bits per heavy atom. The number of ether oxygens (including phenoxy) is 2. The number of nitrogen functional groups attached to an aromatic ring is 1. The predicted molar refractivity (Wildman–Crippen MR) is 129 cm³/mol. The molecule has 8 nitrogen and oxygen atoms in total. The third-order valence-corrected chi connectivity index (χ3v) is 6.26. The van der Waals surface area contributed by atoms with Crippen molar-refractivity contribution in [2.75, 3.05) is 31.0 Å². The van der Waals surface area contributed by atoms with Gasteiger partial charge in [-0.3, -0.25) is 4.79 Å². The van der Waals surface area contributed by atoms with Crippen molar-refractivity contribution in [2.45, 2.75) is 46.6 Å². The first-order valence-electron chi connectivity index (χ1n) is 10.9. The molecular formula is C25H35N3O5. The van der Waals surface area contributed by atoms with Gasteiger partial charge in [0.25, 0.3) is 0 Å². The number of nitrogens with zero attached hydrogens (tertiary/aromatic N) is 1. The number of methoxy groups -OCH3 is 1. The molecule has 8 heteroatoms. The molecule has 0 fully saturated rings. The van der Waals surface area contributed by atoms with E-state index >= 15 is 0 Å². The zero-order valence-electron chi connectivity index (χ0n) is 20.1. The first-order valence-corrected chi connectivity index (χ1v) is 10.9. The minimum atomic E-state index is -0.949. The van der Waals surface area contributed by atoms with Crippen LogP contribution in [-0.4, -0.2) is 37.3 Å². The highest BCUT2D eigenvalue weighted by molar-refractivity contribution is 5.87. The summed E-state index contributed by atoms with van der Waals surface area (Å²) in [5.41, 5.74) is 10.1. The first kappa shape index (κ1) is 26.2. The van der Waals surface area contributed by atoms with Crippen LogP contribution in [0.4, 0.5) is 11.4 Å². The van der Waals surface area contributed by atoms with Gasteiger partial charge in [0.15, 0.2) is 0 Å². The van der Waals surface area contributed by atoms with Gasteiger partial charge in [-0.05, 0) is 68.0 Å². The van der Waals surface area contributed by atoms with Crippen LogP contribution in [0, 0.1) is 12.3 Å². The molecule has 0 heterocycles. The van der Waals surface area contributed by atoms with Crippen molar-refractivity contribution >= 4 is 23.3 Å². The van der Waals surface area contributed by atoms with E-state index in [9.17, 15) is 9.59 Å². The average molecular weight is 458 g/mol. The van der Waals surface area contributed by atoms with E-state index in [1.165, 1.54) is 7.11 Å². The molecule has 1 unspecified atom stereocenters. The number of carbonyl (C=O) groups excluding carboxylic acids is 1. The van der Waals surface area contributed by atoms with Gasteiger partial charge in [-0.2, -0.15) is 0 Å². The molecule has 0 spiro atoms. The van der Waals surface area contributed by atoms with Gasteiger partial charge in [-0.15, -0.1) is 0 Å². The van der Waals surface area contributed by atoms with Crippen LogP contribution in [0.2, 0.25) is 0 Å². The summed E-state index contributed by atoms with van der Waals surface area (Å²) in [6.07, 6.45) is 0.690. The normalized spacial score (nSPS) is 12.3. The maximum Gasteiger partial charge on any atom is 0.335 e. The maximum absolute atomic E-state index is 12.2. The number of nitrogens with two attached hydrogens (primary N) is 2. The van der Waals surface area contributed by atoms with Gasteiger partial charge < -0.3 is 25.3 Å². The number of hydrazine groups is 1. The minimum absolute atomic E-state index is 0.0921. The van der Waals surface area contributed by atoms with E-state index in [4.69, 9.17) is 26.2 Å². The van der Waals surface area contributed by atoms with Crippen LogP contribution in [0.15, 0.2) is 36.4 Å². The van der Waals surface area contributed by atoms with E-state index in [0.29, 0.717) is 31.9 Å². The number of benzene rings is 2. The van der Waals surface area contributed by atoms with Crippen molar-refractivity contribution in [2.24, 2.45) is 11.3 Å². The minimum Gasteiger partial charge on any atom is -0.478 e. The van der Waals surface area contributed by atoms with Crippen molar-refractivity contribution in [1.82, 2.24) is 0 Å². The smallest absolute Gasteiger partial charge is 0.335 e. The van der Waals surface area contributed by atoms with E-state index in [2.05, 4.69) is 0 Å². The lowest BCUT2D eigenvalue weighted by atomic mass is 9.74. The lowest BCUT2D eigenvalue weighted by Gasteiger charge is -2.31. The molecule has 0 saturated carbocycles. The Morgan fingerprint density at radius 3 is 2.36 bits per heavy atom. The number of rotatable bonds is 11. The van der Waals surface area contributed by atoms with Crippen LogP contribution in [0.3, 0.4) is 0 Å². The SMILES string of the molecule is COC(=O)C(C)(C)C(C)c1ccc(N(N)CCCOCc2ccc(C(=O)O)cc2)c(N)c1C. The number of carbonyl (C=O) groups is 2. The van der Waals surface area contributed by atoms with E-state index in [0.717, 1.165) is 22.4 Å². The van der Waals surface area contributed by atoms with Crippen LogP contribution in [-0.2, 0) is 20.9 Å². The summed E-state index contributed by atoms with van der Waals surface area (Å²) < 4.78 is 10.6. The first-order chi connectivity index (χ1) is 15.5. The molecule has 2 aromatic rings. The van der Waals surface area contributed by atoms with Crippen LogP contribution < -0.4 is 16.6 Å². The van der Waals surface area contributed by atoms with Gasteiger partial charge in [0.2, 0.25) is 0 Å². The fourth-order valence-corrected chi connectivity index (χ4v) is 3.67. The van der Waals surface area contributed by atoms with Crippen LogP contribution in [0.25, 0.3) is 0 Å². The molecule has 0 amide bonds. The Bertz CT molecular complexity index is 973. The molecule has 5 N–H and O–H groups in total. The topological polar surface area (TPSA) is 128 Å². The second kappa shape index (κ2) is 11.2. The fraction of sp³-hybridized carbons (Fsp3) is 0.440. The molecule has 2 rings (SSSR count). The number of anilines is 2. The van der Waals surface area contributed by atoms with Gasteiger partial charge in [0, 0.05) is 13.2 Å². The van der Waals surface area contributed by atoms with Gasteiger partial charge in [-0.25, -0.2) is 10.6 Å². The highest BCUT2D eigenvalue weighted by Gasteiger charge is 2.37. The summed E-state index contributed by atoms with van der Waals surface area (Å²) in [5.74, 6) is 4.94. The van der Waals surface area contributed by atoms with Crippen molar-refractivity contribution in [1.29, 1.82) is 0 Å². The maximum atomic E-state index is 12.2. The van der Waals surface area contributed by atoms with Crippen LogP contribution in [0.5, 0.6) is 0 Å². The summed E-state index contributed by atoms with van der Waals surface area (Å²) in [6, 6.07) is 10.5. The van der Waals surface area contributed by atoms with Crippen molar-refractivity contribution in [3.63, 3.8) is 0 Å². The number of carboxylic acid groups (broad SMARTS) is 1. The molecule has 0 aliphatic rings. The summed E-state index contributed by atoms with van der Waals surface area (Å²) >= 11 is 0. The molecule has 0 radical (unpaired) electrons. The number of aromatic carboxylic acids is 1. The van der Waals surface area contributed by atoms with Gasteiger partial charge in [-0.1, -0.05) is 25.1 Å². The highest BCUT2D eigenvalue weighted by Crippen LogP contribution is 2.40. The van der Waals surface area contributed by atoms with E-state index in [1.807, 2.05) is 39.8 Å². The molecule has 0 aliphatic carbocycles. The molecular weight excluding hydrogens is 422 g/mol. The number of hydrogen-bond donors (Lipinski definition) is 3. The van der Waals surface area contributed by atoms with Crippen molar-refractivity contribution in [3.8, 4) is 0 Å². The second-order valence-corrected chi connectivity index (χ2v) is 8.75. The van der Waals surface area contributed by atoms with E-state index in [-0.39, 0.29) is 17.5 Å². The standard InChI is InChI=1S/C25H35N3O5/c1-16-20(17(2)25(3,4)24(31)32-5)11-12-21(22(16)26)28(27)13-6-14-33-15-18-7-9-19(10-8-18)23(29)30/h7-12,17H,6,13-15,26-27H2,1-5H3,(H,29,30). The lowest BCUT2D eigenvalue weighted by molar-refractivity contribution is -0.151. The third kappa shape index (κ3) is 6.24. The molecule has 0 saturated heterocycles. The quantitative estimate of drug-likeness (QED) is 0.153. The Morgan fingerprint density at radius 2 is 1.79 bits per heavy atom. The number of carboxylic acids is 1. The molecule has 2 aromatic carbocycles. The molecule has 33 heavy (non-hydrogen) atoms. The van der Waals surface area contributed by atoms with Crippen molar-refractivity contribution < 1.29 is 24.2 Å². The molecule has 1 atom stereocenters. The molecule has 0 aliphatic heterocycles. The predicted octanol–water partition coefficient (Wildman–Crippen LogP) is 3.87. The summed E-state index contributed by atoms with van der Waals surface area (Å²) in [6.45, 7) is 9.09. The Kier molecular flexibility index (Phi) is 8.84. The lowest BCUT2D eigenvalue weighted by Crippen LogP contribution is -2.34. The van der Waals surface area contributed by atoms with E-state index in [1.54, 1.807) is 29.3 Å². The summed E-state index contributed by atoms with van der Waals surface area (Å²) in [7, 11) is 1.40. The van der Waals surface area contributed by atoms with Crippen LogP contribution in [0.1, 0.15) is 60.2 Å². The largest absolute Gasteiger partial charge is 0.478 e. The van der Waals surface area contributed by atoms with E-state index < -0.39 is 11.4 Å².